The monoisotopic (exact) mass is 184 g/mol. The molecular weight excluding hydrogens is 168 g/mol. The van der Waals surface area contributed by atoms with Gasteiger partial charge in [-0.2, -0.15) is 0 Å². The van der Waals surface area contributed by atoms with E-state index in [9.17, 15) is 4.79 Å². The number of rotatable bonds is 0. The second kappa shape index (κ2) is 3.27. The molecule has 2 aliphatic heterocycles. The summed E-state index contributed by atoms with van der Waals surface area (Å²) in [5.74, 6) is 0.171. The molecule has 0 aromatic carbocycles. The summed E-state index contributed by atoms with van der Waals surface area (Å²) >= 11 is 0. The Balaban J connectivity index is 1.98. The Labute approximate surface area is 78.2 Å². The minimum Gasteiger partial charge on any atom is -0.378 e. The lowest BCUT2D eigenvalue weighted by molar-refractivity contribution is -0.128. The van der Waals surface area contributed by atoms with Gasteiger partial charge in [-0.05, 0) is 6.42 Å². The van der Waals surface area contributed by atoms with Gasteiger partial charge in [-0.15, -0.1) is 0 Å². The first-order valence-corrected chi connectivity index (χ1v) is 4.80. The second-order valence-corrected chi connectivity index (χ2v) is 3.95. The second-order valence-electron chi connectivity index (χ2n) is 3.95. The Morgan fingerprint density at radius 3 is 3.00 bits per heavy atom. The summed E-state index contributed by atoms with van der Waals surface area (Å²) in [5, 5.41) is 3.46. The van der Waals surface area contributed by atoms with Crippen LogP contribution in [-0.2, 0) is 9.53 Å². The summed E-state index contributed by atoms with van der Waals surface area (Å²) < 4.78 is 5.43. The lowest BCUT2D eigenvalue weighted by Crippen LogP contribution is -2.56. The van der Waals surface area contributed by atoms with E-state index in [1.54, 1.807) is 6.92 Å². The molecule has 1 atom stereocenters. The molecule has 0 aliphatic carbocycles. The smallest absolute Gasteiger partial charge is 0.219 e. The molecule has 0 aromatic rings. The van der Waals surface area contributed by atoms with Crippen LogP contribution < -0.4 is 5.32 Å². The first kappa shape index (κ1) is 8.97. The number of hydrogen-bond donors (Lipinski definition) is 1. The molecule has 1 spiro atoms. The normalized spacial score (nSPS) is 34.1. The summed E-state index contributed by atoms with van der Waals surface area (Å²) in [6, 6.07) is 0. The van der Waals surface area contributed by atoms with Crippen LogP contribution in [0.3, 0.4) is 0 Å². The number of morpholine rings is 1. The van der Waals surface area contributed by atoms with Crippen molar-refractivity contribution in [1.82, 2.24) is 10.2 Å². The van der Waals surface area contributed by atoms with Crippen molar-refractivity contribution in [2.75, 3.05) is 32.8 Å². The van der Waals surface area contributed by atoms with Crippen molar-refractivity contribution in [3.63, 3.8) is 0 Å². The van der Waals surface area contributed by atoms with Crippen LogP contribution in [-0.4, -0.2) is 49.2 Å². The molecule has 0 radical (unpaired) electrons. The number of carbonyl (C=O) groups is 1. The quantitative estimate of drug-likeness (QED) is 0.557. The highest BCUT2D eigenvalue weighted by Gasteiger charge is 2.40. The van der Waals surface area contributed by atoms with Crippen molar-refractivity contribution < 1.29 is 9.53 Å². The molecule has 1 unspecified atom stereocenters. The number of nitrogens with zero attached hydrogens (tertiary/aromatic N) is 1. The standard InChI is InChI=1S/C9H16N2O2/c1-8(12)11-4-2-9(6-11)7-13-5-3-10-9/h10H,2-7H2,1H3. The Hall–Kier alpha value is -0.610. The van der Waals surface area contributed by atoms with E-state index < -0.39 is 0 Å². The van der Waals surface area contributed by atoms with Crippen LogP contribution in [0.4, 0.5) is 0 Å². The molecule has 1 N–H and O–H groups in total. The number of likely N-dealkylation sites (tertiary alicyclic amines) is 1. The van der Waals surface area contributed by atoms with Crippen LogP contribution in [0.25, 0.3) is 0 Å². The van der Waals surface area contributed by atoms with Gasteiger partial charge in [-0.25, -0.2) is 0 Å². The first-order valence-electron chi connectivity index (χ1n) is 4.80. The van der Waals surface area contributed by atoms with Gasteiger partial charge in [0.15, 0.2) is 0 Å². The van der Waals surface area contributed by atoms with Crippen molar-refractivity contribution in [1.29, 1.82) is 0 Å². The Morgan fingerprint density at radius 1 is 1.62 bits per heavy atom. The fourth-order valence-corrected chi connectivity index (χ4v) is 2.11. The number of carbonyl (C=O) groups excluding carboxylic acids is 1. The predicted molar refractivity (Wildman–Crippen MR) is 48.4 cm³/mol. The van der Waals surface area contributed by atoms with Crippen molar-refractivity contribution >= 4 is 5.91 Å². The van der Waals surface area contributed by atoms with E-state index >= 15 is 0 Å². The van der Waals surface area contributed by atoms with Crippen molar-refractivity contribution in [2.45, 2.75) is 18.9 Å². The zero-order chi connectivity index (χ0) is 9.31. The summed E-state index contributed by atoms with van der Waals surface area (Å²) in [6.07, 6.45) is 1.02. The summed E-state index contributed by atoms with van der Waals surface area (Å²) in [7, 11) is 0. The lowest BCUT2D eigenvalue weighted by Gasteiger charge is -2.34. The molecule has 4 nitrogen and oxygen atoms in total. The number of ether oxygens (including phenoxy) is 1. The average molecular weight is 184 g/mol. The largest absolute Gasteiger partial charge is 0.378 e. The third-order valence-electron chi connectivity index (χ3n) is 2.92. The number of hydrogen-bond acceptors (Lipinski definition) is 3. The maximum atomic E-state index is 11.1. The third kappa shape index (κ3) is 1.69. The molecule has 0 aromatic heterocycles. The zero-order valence-electron chi connectivity index (χ0n) is 8.01. The summed E-state index contributed by atoms with van der Waals surface area (Å²) in [5.41, 5.74) is 0.0594. The molecule has 2 rings (SSSR count). The van der Waals surface area contributed by atoms with Gasteiger partial charge in [0, 0.05) is 26.6 Å². The highest BCUT2D eigenvalue weighted by Crippen LogP contribution is 2.23. The zero-order valence-corrected chi connectivity index (χ0v) is 8.01. The molecule has 2 heterocycles. The minimum absolute atomic E-state index is 0.0594. The predicted octanol–water partition coefficient (Wildman–Crippen LogP) is -0.403. The van der Waals surface area contributed by atoms with Crippen LogP contribution >= 0.6 is 0 Å². The van der Waals surface area contributed by atoms with E-state index in [-0.39, 0.29) is 11.4 Å². The third-order valence-corrected chi connectivity index (χ3v) is 2.92. The Bertz CT molecular complexity index is 212. The molecule has 0 bridgehead atoms. The van der Waals surface area contributed by atoms with E-state index in [0.29, 0.717) is 0 Å². The van der Waals surface area contributed by atoms with Crippen molar-refractivity contribution in [3.05, 3.63) is 0 Å². The van der Waals surface area contributed by atoms with Gasteiger partial charge in [-0.3, -0.25) is 4.79 Å². The topological polar surface area (TPSA) is 41.6 Å². The van der Waals surface area contributed by atoms with Gasteiger partial charge in [0.05, 0.1) is 18.8 Å². The van der Waals surface area contributed by atoms with Crippen LogP contribution in [0.15, 0.2) is 0 Å². The van der Waals surface area contributed by atoms with Crippen molar-refractivity contribution in [3.8, 4) is 0 Å². The molecule has 1 amide bonds. The van der Waals surface area contributed by atoms with E-state index in [1.165, 1.54) is 0 Å². The SMILES string of the molecule is CC(=O)N1CCC2(COCCN2)C1. The maximum Gasteiger partial charge on any atom is 0.219 e. The van der Waals surface area contributed by atoms with Crippen LogP contribution in [0.5, 0.6) is 0 Å². The maximum absolute atomic E-state index is 11.1. The van der Waals surface area contributed by atoms with E-state index in [1.807, 2.05) is 4.90 Å². The van der Waals surface area contributed by atoms with Crippen LogP contribution in [0.1, 0.15) is 13.3 Å². The molecule has 2 saturated heterocycles. The fraction of sp³-hybridized carbons (Fsp3) is 0.889. The summed E-state index contributed by atoms with van der Waals surface area (Å²) in [4.78, 5) is 13.0. The Morgan fingerprint density at radius 2 is 2.46 bits per heavy atom. The average Bonchev–Trinajstić information content (AvgIpc) is 2.51. The highest BCUT2D eigenvalue weighted by atomic mass is 16.5. The van der Waals surface area contributed by atoms with E-state index in [4.69, 9.17) is 4.74 Å². The molecule has 2 aliphatic rings. The molecule has 2 fully saturated rings. The molecule has 13 heavy (non-hydrogen) atoms. The highest BCUT2D eigenvalue weighted by molar-refractivity contribution is 5.73. The van der Waals surface area contributed by atoms with Crippen LogP contribution in [0, 0.1) is 0 Å². The summed E-state index contributed by atoms with van der Waals surface area (Å²) in [6.45, 7) is 5.75. The fourth-order valence-electron chi connectivity index (χ4n) is 2.11. The molecule has 0 saturated carbocycles. The van der Waals surface area contributed by atoms with Crippen molar-refractivity contribution in [2.24, 2.45) is 0 Å². The molecule has 74 valence electrons. The van der Waals surface area contributed by atoms with Gasteiger partial charge in [-0.1, -0.05) is 0 Å². The number of amides is 1. The molecule has 4 heteroatoms. The van der Waals surface area contributed by atoms with Gasteiger partial charge in [0.1, 0.15) is 0 Å². The van der Waals surface area contributed by atoms with E-state index in [0.717, 1.165) is 39.3 Å². The van der Waals surface area contributed by atoms with Crippen LogP contribution in [0.2, 0.25) is 0 Å². The minimum atomic E-state index is 0.0594. The number of nitrogens with one attached hydrogen (secondary N) is 1. The van der Waals surface area contributed by atoms with Gasteiger partial charge >= 0.3 is 0 Å². The van der Waals surface area contributed by atoms with Gasteiger partial charge in [0.25, 0.3) is 0 Å². The lowest BCUT2D eigenvalue weighted by atomic mass is 9.99. The molecular formula is C9H16N2O2. The van der Waals surface area contributed by atoms with E-state index in [2.05, 4.69) is 5.32 Å². The van der Waals surface area contributed by atoms with Gasteiger partial charge in [0.2, 0.25) is 5.91 Å². The van der Waals surface area contributed by atoms with Gasteiger partial charge < -0.3 is 15.0 Å². The first-order chi connectivity index (χ1) is 6.22. The Kier molecular flexibility index (Phi) is 2.26.